The lowest BCUT2D eigenvalue weighted by molar-refractivity contribution is 0.0161. The first kappa shape index (κ1) is 17.8. The monoisotopic (exact) mass is 322 g/mol. The Morgan fingerprint density at radius 3 is 3.00 bits per heavy atom. The quantitative estimate of drug-likeness (QED) is 0.874. The predicted molar refractivity (Wildman–Crippen MR) is 90.2 cm³/mol. The third-order valence-corrected chi connectivity index (χ3v) is 4.16. The summed E-state index contributed by atoms with van der Waals surface area (Å²) in [5.74, 6) is 0.540. The van der Waals surface area contributed by atoms with Gasteiger partial charge >= 0.3 is 6.09 Å². The molecule has 6 nitrogen and oxygen atoms in total. The van der Waals surface area contributed by atoms with Crippen LogP contribution in [0.3, 0.4) is 0 Å². The lowest BCUT2D eigenvalue weighted by atomic mass is 9.95. The molecule has 6 heteroatoms. The van der Waals surface area contributed by atoms with Gasteiger partial charge in [-0.1, -0.05) is 0 Å². The minimum Gasteiger partial charge on any atom is -0.444 e. The molecule has 0 saturated carbocycles. The summed E-state index contributed by atoms with van der Waals surface area (Å²) in [5.41, 5.74) is 0.675. The van der Waals surface area contributed by atoms with Crippen LogP contribution in [-0.2, 0) is 4.74 Å². The Balaban J connectivity index is 1.72. The number of rotatable bonds is 5. The lowest BCUT2D eigenvalue weighted by Gasteiger charge is -2.34. The zero-order valence-corrected chi connectivity index (χ0v) is 14.8. The third-order valence-electron chi connectivity index (χ3n) is 4.16. The number of aromatic nitrogens is 2. The van der Waals surface area contributed by atoms with Crippen LogP contribution < -0.4 is 5.32 Å². The first-order valence-corrected chi connectivity index (χ1v) is 8.56. The first-order chi connectivity index (χ1) is 10.8. The van der Waals surface area contributed by atoms with E-state index in [1.54, 1.807) is 6.20 Å². The summed E-state index contributed by atoms with van der Waals surface area (Å²) in [6.45, 7) is 10.4. The fourth-order valence-electron chi connectivity index (χ4n) is 2.91. The minimum atomic E-state index is -0.426. The number of nitrogens with zero attached hydrogens (tertiary/aromatic N) is 2. The van der Waals surface area contributed by atoms with Crippen molar-refractivity contribution in [1.82, 2.24) is 20.4 Å². The highest BCUT2D eigenvalue weighted by atomic mass is 16.6. The van der Waals surface area contributed by atoms with Gasteiger partial charge in [-0.2, -0.15) is 5.10 Å². The van der Waals surface area contributed by atoms with Crippen LogP contribution in [0.4, 0.5) is 4.79 Å². The van der Waals surface area contributed by atoms with E-state index in [4.69, 9.17) is 4.74 Å². The van der Waals surface area contributed by atoms with Gasteiger partial charge in [0.25, 0.3) is 0 Å². The average Bonchev–Trinajstić information content (AvgIpc) is 3.00. The summed E-state index contributed by atoms with van der Waals surface area (Å²) in [5, 5.41) is 10.5. The number of nitrogens with one attached hydrogen (secondary N) is 2. The van der Waals surface area contributed by atoms with E-state index in [1.165, 1.54) is 6.42 Å². The highest BCUT2D eigenvalue weighted by molar-refractivity contribution is 5.68. The maximum Gasteiger partial charge on any atom is 0.410 e. The molecule has 0 radical (unpaired) electrons. The van der Waals surface area contributed by atoms with Crippen molar-refractivity contribution in [3.63, 3.8) is 0 Å². The smallest absolute Gasteiger partial charge is 0.410 e. The second kappa shape index (κ2) is 7.81. The van der Waals surface area contributed by atoms with E-state index in [9.17, 15) is 4.79 Å². The lowest BCUT2D eigenvalue weighted by Crippen LogP contribution is -2.43. The number of H-pyrrole nitrogens is 1. The van der Waals surface area contributed by atoms with Crippen LogP contribution in [0.5, 0.6) is 0 Å². The number of hydrogen-bond acceptors (Lipinski definition) is 4. The summed E-state index contributed by atoms with van der Waals surface area (Å²) in [7, 11) is 0. The summed E-state index contributed by atoms with van der Waals surface area (Å²) < 4.78 is 5.48. The zero-order valence-electron chi connectivity index (χ0n) is 14.8. The average molecular weight is 322 g/mol. The van der Waals surface area contributed by atoms with Gasteiger partial charge in [-0.15, -0.1) is 0 Å². The molecule has 2 heterocycles. The Morgan fingerprint density at radius 2 is 2.35 bits per heavy atom. The largest absolute Gasteiger partial charge is 0.444 e. The first-order valence-electron chi connectivity index (χ1n) is 8.56. The van der Waals surface area contributed by atoms with E-state index >= 15 is 0 Å². The van der Waals surface area contributed by atoms with Gasteiger partial charge in [0.1, 0.15) is 5.60 Å². The topological polar surface area (TPSA) is 70.2 Å². The normalized spacial score (nSPS) is 20.3. The molecule has 1 aromatic rings. The Morgan fingerprint density at radius 1 is 1.57 bits per heavy atom. The van der Waals surface area contributed by atoms with Crippen molar-refractivity contribution < 1.29 is 9.53 Å². The van der Waals surface area contributed by atoms with Crippen LogP contribution in [0, 0.1) is 5.92 Å². The van der Waals surface area contributed by atoms with Gasteiger partial charge in [-0.3, -0.25) is 5.10 Å². The van der Waals surface area contributed by atoms with Gasteiger partial charge in [0.2, 0.25) is 0 Å². The van der Waals surface area contributed by atoms with Gasteiger partial charge in [-0.05, 0) is 65.5 Å². The molecule has 0 bridgehead atoms. The number of carbonyl (C=O) groups excluding carboxylic acids is 1. The van der Waals surface area contributed by atoms with Crippen LogP contribution in [0.25, 0.3) is 0 Å². The standard InChI is InChI=1S/C17H30N4O2/c1-13(15-8-10-19-20-15)18-9-7-14-6-5-11-21(12-14)16(22)23-17(2,3)4/h8,10,13-14,18H,5-7,9,11-12H2,1-4H3,(H,19,20). The third kappa shape index (κ3) is 5.86. The van der Waals surface area contributed by atoms with Crippen LogP contribution >= 0.6 is 0 Å². The van der Waals surface area contributed by atoms with Crippen molar-refractivity contribution in [3.05, 3.63) is 18.0 Å². The van der Waals surface area contributed by atoms with Gasteiger partial charge < -0.3 is 15.0 Å². The molecule has 0 aliphatic carbocycles. The van der Waals surface area contributed by atoms with Gasteiger partial charge in [0, 0.05) is 25.3 Å². The number of ether oxygens (including phenoxy) is 1. The minimum absolute atomic E-state index is 0.180. The van der Waals surface area contributed by atoms with Gasteiger partial charge in [-0.25, -0.2) is 4.79 Å². The molecule has 23 heavy (non-hydrogen) atoms. The fraction of sp³-hybridized carbons (Fsp3) is 0.765. The van der Waals surface area contributed by atoms with Crippen molar-refractivity contribution in [2.75, 3.05) is 19.6 Å². The Kier molecular flexibility index (Phi) is 6.04. The Hall–Kier alpha value is -1.56. The van der Waals surface area contributed by atoms with Crippen molar-refractivity contribution in [2.45, 2.75) is 58.6 Å². The summed E-state index contributed by atoms with van der Waals surface area (Å²) in [6, 6.07) is 2.26. The summed E-state index contributed by atoms with van der Waals surface area (Å²) in [6.07, 6.45) is 4.89. The maximum absolute atomic E-state index is 12.2. The molecular formula is C17H30N4O2. The van der Waals surface area contributed by atoms with Crippen LogP contribution in [0.2, 0.25) is 0 Å². The molecule has 1 saturated heterocycles. The fourth-order valence-corrected chi connectivity index (χ4v) is 2.91. The molecule has 2 N–H and O–H groups in total. The molecule has 1 aromatic heterocycles. The van der Waals surface area contributed by atoms with Crippen molar-refractivity contribution in [3.8, 4) is 0 Å². The molecule has 1 fully saturated rings. The van der Waals surface area contributed by atoms with E-state index in [2.05, 4.69) is 22.4 Å². The number of amides is 1. The van der Waals surface area contributed by atoms with Crippen molar-refractivity contribution >= 4 is 6.09 Å². The van der Waals surface area contributed by atoms with Crippen LogP contribution in [0.15, 0.2) is 12.3 Å². The van der Waals surface area contributed by atoms with Crippen LogP contribution in [-0.4, -0.2) is 46.4 Å². The molecule has 130 valence electrons. The van der Waals surface area contributed by atoms with E-state index in [1.807, 2.05) is 31.7 Å². The molecule has 0 spiro atoms. The van der Waals surface area contributed by atoms with Gasteiger partial charge in [0.15, 0.2) is 0 Å². The second-order valence-electron chi connectivity index (χ2n) is 7.41. The number of aromatic amines is 1. The molecule has 1 aliphatic heterocycles. The van der Waals surface area contributed by atoms with Crippen LogP contribution in [0.1, 0.15) is 58.7 Å². The second-order valence-corrected chi connectivity index (χ2v) is 7.41. The number of hydrogen-bond donors (Lipinski definition) is 2. The number of likely N-dealkylation sites (tertiary alicyclic amines) is 1. The Labute approximate surface area is 139 Å². The molecule has 2 atom stereocenters. The maximum atomic E-state index is 12.2. The molecule has 1 aliphatic rings. The Bertz CT molecular complexity index is 481. The molecule has 1 amide bonds. The van der Waals surface area contributed by atoms with Gasteiger partial charge in [0.05, 0.1) is 5.69 Å². The summed E-state index contributed by atoms with van der Waals surface area (Å²) in [4.78, 5) is 14.0. The predicted octanol–water partition coefficient (Wildman–Crippen LogP) is 3.10. The van der Waals surface area contributed by atoms with Crippen molar-refractivity contribution in [1.29, 1.82) is 0 Å². The van der Waals surface area contributed by atoms with E-state index in [0.29, 0.717) is 5.92 Å². The molecule has 2 rings (SSSR count). The highest BCUT2D eigenvalue weighted by Gasteiger charge is 2.27. The zero-order chi connectivity index (χ0) is 16.9. The number of piperidine rings is 1. The number of carbonyl (C=O) groups is 1. The van der Waals surface area contributed by atoms with Crippen molar-refractivity contribution in [2.24, 2.45) is 5.92 Å². The van der Waals surface area contributed by atoms with E-state index < -0.39 is 5.60 Å². The molecular weight excluding hydrogens is 292 g/mol. The van der Waals surface area contributed by atoms with E-state index in [-0.39, 0.29) is 12.1 Å². The SMILES string of the molecule is CC(NCCC1CCCN(C(=O)OC(C)(C)C)C1)c1ccn[nH]1. The molecule has 0 aromatic carbocycles. The van der Waals surface area contributed by atoms with E-state index in [0.717, 1.165) is 38.2 Å². The summed E-state index contributed by atoms with van der Waals surface area (Å²) >= 11 is 0. The highest BCUT2D eigenvalue weighted by Crippen LogP contribution is 2.21. The molecule has 2 unspecified atom stereocenters.